The average molecular weight is 258 g/mol. The minimum Gasteiger partial charge on any atom is -0.491 e. The van der Waals surface area contributed by atoms with Crippen LogP contribution >= 0.6 is 0 Å². The Morgan fingerprint density at radius 1 is 1.47 bits per heavy atom. The Kier molecular flexibility index (Phi) is 3.46. The molecule has 5 nitrogen and oxygen atoms in total. The first-order valence-electron chi connectivity index (χ1n) is 6.66. The van der Waals surface area contributed by atoms with E-state index in [4.69, 9.17) is 4.74 Å². The predicted octanol–water partition coefficient (Wildman–Crippen LogP) is 1.56. The molecule has 2 aromatic rings. The second-order valence-electron chi connectivity index (χ2n) is 4.69. The van der Waals surface area contributed by atoms with Crippen LogP contribution in [0.5, 0.6) is 5.75 Å². The lowest BCUT2D eigenvalue weighted by molar-refractivity contribution is 0.276. The number of hydrogen-bond acceptors (Lipinski definition) is 4. The summed E-state index contributed by atoms with van der Waals surface area (Å²) in [6.07, 6.45) is 5.47. The summed E-state index contributed by atoms with van der Waals surface area (Å²) in [6, 6.07) is 3.81. The van der Waals surface area contributed by atoms with Gasteiger partial charge in [-0.3, -0.25) is 9.67 Å². The largest absolute Gasteiger partial charge is 0.491 e. The normalized spacial score (nSPS) is 18.1. The van der Waals surface area contributed by atoms with Crippen LogP contribution in [0.4, 0.5) is 0 Å². The van der Waals surface area contributed by atoms with E-state index in [1.165, 1.54) is 11.3 Å². The molecule has 1 atom stereocenters. The van der Waals surface area contributed by atoms with Crippen molar-refractivity contribution < 1.29 is 4.74 Å². The van der Waals surface area contributed by atoms with Crippen LogP contribution in [0, 0.1) is 0 Å². The van der Waals surface area contributed by atoms with Crippen molar-refractivity contribution in [2.75, 3.05) is 13.2 Å². The number of rotatable bonds is 4. The standard InChI is InChI=1S/C14H18N4O/c1-2-18-14-9-16-6-11(13(14)8-17-18)10-19-12-4-3-5-15-7-12/h3-5,7-8,11,16H,2,6,9-10H2,1H3. The maximum absolute atomic E-state index is 5.81. The van der Waals surface area contributed by atoms with Crippen molar-refractivity contribution >= 4 is 0 Å². The summed E-state index contributed by atoms with van der Waals surface area (Å²) in [7, 11) is 0. The van der Waals surface area contributed by atoms with E-state index in [2.05, 4.69) is 27.0 Å². The van der Waals surface area contributed by atoms with Gasteiger partial charge in [-0.05, 0) is 19.1 Å². The molecule has 0 fully saturated rings. The van der Waals surface area contributed by atoms with Crippen molar-refractivity contribution in [3.63, 3.8) is 0 Å². The van der Waals surface area contributed by atoms with Crippen LogP contribution in [0.2, 0.25) is 0 Å². The molecule has 5 heteroatoms. The third-order valence-corrected chi connectivity index (χ3v) is 3.49. The van der Waals surface area contributed by atoms with Crippen LogP contribution in [0.1, 0.15) is 24.1 Å². The second-order valence-corrected chi connectivity index (χ2v) is 4.69. The van der Waals surface area contributed by atoms with Crippen molar-refractivity contribution in [1.82, 2.24) is 20.1 Å². The van der Waals surface area contributed by atoms with Gasteiger partial charge in [0.05, 0.1) is 24.7 Å². The molecule has 0 saturated heterocycles. The monoisotopic (exact) mass is 258 g/mol. The SMILES string of the molecule is CCn1ncc2c1CNCC2COc1cccnc1. The molecule has 0 spiro atoms. The van der Waals surface area contributed by atoms with Gasteiger partial charge in [0.25, 0.3) is 0 Å². The molecule has 0 saturated carbocycles. The van der Waals surface area contributed by atoms with Gasteiger partial charge >= 0.3 is 0 Å². The van der Waals surface area contributed by atoms with E-state index in [-0.39, 0.29) is 0 Å². The van der Waals surface area contributed by atoms with E-state index in [0.717, 1.165) is 25.4 Å². The number of aryl methyl sites for hydroxylation is 1. The van der Waals surface area contributed by atoms with Crippen LogP contribution in [0.15, 0.2) is 30.7 Å². The first-order chi connectivity index (χ1) is 9.38. The van der Waals surface area contributed by atoms with Gasteiger partial charge in [-0.1, -0.05) is 0 Å². The first kappa shape index (κ1) is 12.2. The molecule has 3 heterocycles. The first-order valence-corrected chi connectivity index (χ1v) is 6.66. The van der Waals surface area contributed by atoms with Gasteiger partial charge in [0.15, 0.2) is 0 Å². The van der Waals surface area contributed by atoms with Gasteiger partial charge in [0.1, 0.15) is 5.75 Å². The van der Waals surface area contributed by atoms with Crippen LogP contribution in [0.3, 0.4) is 0 Å². The summed E-state index contributed by atoms with van der Waals surface area (Å²) >= 11 is 0. The molecule has 100 valence electrons. The lowest BCUT2D eigenvalue weighted by Gasteiger charge is -2.24. The fourth-order valence-electron chi connectivity index (χ4n) is 2.48. The Morgan fingerprint density at radius 2 is 2.42 bits per heavy atom. The average Bonchev–Trinajstić information content (AvgIpc) is 2.90. The van der Waals surface area contributed by atoms with Gasteiger partial charge in [-0.2, -0.15) is 5.10 Å². The molecule has 0 aromatic carbocycles. The summed E-state index contributed by atoms with van der Waals surface area (Å²) < 4.78 is 7.86. The van der Waals surface area contributed by atoms with E-state index in [9.17, 15) is 0 Å². The molecule has 0 bridgehead atoms. The number of pyridine rings is 1. The van der Waals surface area contributed by atoms with Crippen LogP contribution < -0.4 is 10.1 Å². The highest BCUT2D eigenvalue weighted by Gasteiger charge is 2.24. The molecule has 3 rings (SSSR count). The van der Waals surface area contributed by atoms with Crippen molar-refractivity contribution in [2.24, 2.45) is 0 Å². The number of nitrogens with zero attached hydrogens (tertiary/aromatic N) is 3. The Labute approximate surface area is 112 Å². The highest BCUT2D eigenvalue weighted by Crippen LogP contribution is 2.24. The number of ether oxygens (including phenoxy) is 1. The van der Waals surface area contributed by atoms with E-state index < -0.39 is 0 Å². The molecule has 2 aromatic heterocycles. The minimum absolute atomic E-state index is 0.351. The Morgan fingerprint density at radius 3 is 3.21 bits per heavy atom. The Hall–Kier alpha value is -1.88. The molecular weight excluding hydrogens is 240 g/mol. The number of nitrogens with one attached hydrogen (secondary N) is 1. The Bertz CT molecular complexity index is 538. The third kappa shape index (κ3) is 2.46. The molecule has 1 aliphatic heterocycles. The van der Waals surface area contributed by atoms with Crippen molar-refractivity contribution in [2.45, 2.75) is 25.9 Å². The molecule has 1 N–H and O–H groups in total. The number of aromatic nitrogens is 3. The summed E-state index contributed by atoms with van der Waals surface area (Å²) in [5.74, 6) is 1.17. The van der Waals surface area contributed by atoms with Crippen LogP contribution in [-0.2, 0) is 13.1 Å². The van der Waals surface area contributed by atoms with Crippen molar-refractivity contribution in [3.05, 3.63) is 42.0 Å². The van der Waals surface area contributed by atoms with Crippen molar-refractivity contribution in [1.29, 1.82) is 0 Å². The molecule has 0 aliphatic carbocycles. The fourth-order valence-corrected chi connectivity index (χ4v) is 2.48. The van der Waals surface area contributed by atoms with Gasteiger partial charge in [0, 0.05) is 37.3 Å². The van der Waals surface area contributed by atoms with Gasteiger partial charge < -0.3 is 10.1 Å². The lowest BCUT2D eigenvalue weighted by Crippen LogP contribution is -2.32. The maximum atomic E-state index is 5.81. The van der Waals surface area contributed by atoms with E-state index >= 15 is 0 Å². The minimum atomic E-state index is 0.351. The molecule has 1 unspecified atom stereocenters. The smallest absolute Gasteiger partial charge is 0.137 e. The number of hydrogen-bond donors (Lipinski definition) is 1. The summed E-state index contributed by atoms with van der Waals surface area (Å²) in [5.41, 5.74) is 2.60. The quantitative estimate of drug-likeness (QED) is 0.904. The zero-order chi connectivity index (χ0) is 13.1. The molecule has 19 heavy (non-hydrogen) atoms. The maximum Gasteiger partial charge on any atom is 0.137 e. The number of fused-ring (bicyclic) bond motifs is 1. The van der Waals surface area contributed by atoms with Crippen LogP contribution in [-0.4, -0.2) is 27.9 Å². The molecule has 1 aliphatic rings. The third-order valence-electron chi connectivity index (χ3n) is 3.49. The molecule has 0 radical (unpaired) electrons. The van der Waals surface area contributed by atoms with Crippen molar-refractivity contribution in [3.8, 4) is 5.75 Å². The van der Waals surface area contributed by atoms with E-state index in [0.29, 0.717) is 12.5 Å². The lowest BCUT2D eigenvalue weighted by atomic mass is 9.97. The van der Waals surface area contributed by atoms with Gasteiger partial charge in [-0.15, -0.1) is 0 Å². The molecule has 0 amide bonds. The summed E-state index contributed by atoms with van der Waals surface area (Å²) in [5, 5.41) is 7.86. The fraction of sp³-hybridized carbons (Fsp3) is 0.429. The zero-order valence-electron chi connectivity index (χ0n) is 11.0. The molecular formula is C14H18N4O. The highest BCUT2D eigenvalue weighted by atomic mass is 16.5. The van der Waals surface area contributed by atoms with Crippen LogP contribution in [0.25, 0.3) is 0 Å². The second kappa shape index (κ2) is 5.40. The highest BCUT2D eigenvalue weighted by molar-refractivity contribution is 5.26. The van der Waals surface area contributed by atoms with Gasteiger partial charge in [0.2, 0.25) is 0 Å². The van der Waals surface area contributed by atoms with E-state index in [1.54, 1.807) is 12.4 Å². The summed E-state index contributed by atoms with van der Waals surface area (Å²) in [6.45, 7) is 5.51. The topological polar surface area (TPSA) is 52.0 Å². The Balaban J connectivity index is 1.72. The summed E-state index contributed by atoms with van der Waals surface area (Å²) in [4.78, 5) is 4.05. The zero-order valence-corrected chi connectivity index (χ0v) is 11.0. The predicted molar refractivity (Wildman–Crippen MR) is 72.1 cm³/mol. The van der Waals surface area contributed by atoms with Gasteiger partial charge in [-0.25, -0.2) is 0 Å². The van der Waals surface area contributed by atoms with E-state index in [1.807, 2.05) is 18.3 Å².